The van der Waals surface area contributed by atoms with E-state index in [4.69, 9.17) is 5.73 Å². The van der Waals surface area contributed by atoms with Crippen LogP contribution >= 0.6 is 11.3 Å². The van der Waals surface area contributed by atoms with Gasteiger partial charge in [-0.1, -0.05) is 33.8 Å². The van der Waals surface area contributed by atoms with Crippen LogP contribution in [-0.4, -0.2) is 39.7 Å². The number of rotatable bonds is 6. The minimum absolute atomic E-state index is 0.0282. The molecule has 4 saturated carbocycles. The molecule has 6 nitrogen and oxygen atoms in total. The van der Waals surface area contributed by atoms with Crippen LogP contribution in [0.15, 0.2) is 17.5 Å². The molecule has 4 aliphatic rings. The molecule has 0 saturated heterocycles. The van der Waals surface area contributed by atoms with Crippen LogP contribution in [0.3, 0.4) is 0 Å². The lowest BCUT2D eigenvalue weighted by atomic mass is 9.40. The van der Waals surface area contributed by atoms with E-state index in [1.165, 1.54) is 4.88 Å². The molecule has 7 heteroatoms. The molecule has 0 radical (unpaired) electrons. The molecule has 0 bridgehead atoms. The van der Waals surface area contributed by atoms with Gasteiger partial charge in [0.2, 0.25) is 5.91 Å². The molecule has 4 fully saturated rings. The van der Waals surface area contributed by atoms with Crippen molar-refractivity contribution in [1.82, 2.24) is 5.32 Å². The first kappa shape index (κ1) is 27.3. The summed E-state index contributed by atoms with van der Waals surface area (Å²) >= 11 is 1.68. The highest BCUT2D eigenvalue weighted by Gasteiger charge is 2.70. The number of amides is 1. The number of aliphatic hydroxyl groups is 2. The van der Waals surface area contributed by atoms with Crippen LogP contribution in [-0.2, 0) is 9.59 Å². The summed E-state index contributed by atoms with van der Waals surface area (Å²) in [6, 6.07) is 4.18. The molecule has 37 heavy (non-hydrogen) atoms. The number of carbonyl (C=O) groups excluding carboxylic acids is 2. The molecule has 5 N–H and O–H groups in total. The molecule has 1 aromatic rings. The van der Waals surface area contributed by atoms with Gasteiger partial charge >= 0.3 is 0 Å². The highest BCUT2D eigenvalue weighted by atomic mass is 32.1. The minimum Gasteiger partial charge on any atom is -0.390 e. The van der Waals surface area contributed by atoms with E-state index in [0.29, 0.717) is 31.6 Å². The number of thiophene rings is 1. The molecule has 206 valence electrons. The summed E-state index contributed by atoms with van der Waals surface area (Å²) in [5.41, 5.74) is 6.36. The van der Waals surface area contributed by atoms with Gasteiger partial charge in [0.05, 0.1) is 18.2 Å². The first-order chi connectivity index (χ1) is 17.5. The van der Waals surface area contributed by atoms with Gasteiger partial charge in [-0.25, -0.2) is 0 Å². The van der Waals surface area contributed by atoms with Crippen LogP contribution in [0.4, 0.5) is 0 Å². The summed E-state index contributed by atoms with van der Waals surface area (Å²) in [5.74, 6) is 0.623. The van der Waals surface area contributed by atoms with E-state index >= 15 is 0 Å². The predicted molar refractivity (Wildman–Crippen MR) is 146 cm³/mol. The molecule has 5 rings (SSSR count). The van der Waals surface area contributed by atoms with E-state index in [1.54, 1.807) is 11.3 Å². The summed E-state index contributed by atoms with van der Waals surface area (Å²) in [6.07, 6.45) is 4.82. The van der Waals surface area contributed by atoms with Crippen molar-refractivity contribution in [2.45, 2.75) is 109 Å². The standard InChI is InChI=1S/C30H46N2O4S/c1-5-22(23-7-6-14-37-23)32-24(34)15-17(2)19-8-9-20-25-27(36)26(35)21-16-18(33)10-11-29(21,4)30(25,31)13-12-28(19,20)3/h6-7,14,17,19-22,25-27,35-36H,5,8-13,15-16,31H2,1-4H3,(H,32,34)/t17-,19?,20+,21?,22?,25?,26-,27+,28?,29?,30-/m1/s1. The maximum absolute atomic E-state index is 13.1. The topological polar surface area (TPSA) is 113 Å². The summed E-state index contributed by atoms with van der Waals surface area (Å²) in [4.78, 5) is 26.6. The molecule has 6 unspecified atom stereocenters. The number of fused-ring (bicyclic) bond motifs is 5. The second-order valence-corrected chi connectivity index (χ2v) is 14.3. The zero-order valence-corrected chi connectivity index (χ0v) is 23.7. The van der Waals surface area contributed by atoms with Crippen molar-refractivity contribution in [3.63, 3.8) is 0 Å². The van der Waals surface area contributed by atoms with Crippen LogP contribution in [0.2, 0.25) is 0 Å². The Bertz CT molecular complexity index is 1020. The molecule has 0 spiro atoms. The van der Waals surface area contributed by atoms with Crippen molar-refractivity contribution in [2.24, 2.45) is 46.2 Å². The summed E-state index contributed by atoms with van der Waals surface area (Å²) in [5, 5.41) is 28.1. The van der Waals surface area contributed by atoms with Crippen LogP contribution in [0.25, 0.3) is 0 Å². The van der Waals surface area contributed by atoms with Crippen molar-refractivity contribution < 1.29 is 19.8 Å². The van der Waals surface area contributed by atoms with Gasteiger partial charge in [0.25, 0.3) is 0 Å². The molecule has 1 aromatic heterocycles. The van der Waals surface area contributed by atoms with E-state index in [0.717, 1.165) is 32.1 Å². The molecular formula is C30H46N2O4S. The zero-order valence-electron chi connectivity index (χ0n) is 22.9. The molecule has 11 atom stereocenters. The Balaban J connectivity index is 1.34. The Morgan fingerprint density at radius 3 is 2.62 bits per heavy atom. The van der Waals surface area contributed by atoms with Crippen LogP contribution < -0.4 is 11.1 Å². The largest absolute Gasteiger partial charge is 0.390 e. The second-order valence-electron chi connectivity index (χ2n) is 13.3. The Morgan fingerprint density at radius 1 is 1.19 bits per heavy atom. The van der Waals surface area contributed by atoms with Gasteiger partial charge in [0, 0.05) is 41.5 Å². The van der Waals surface area contributed by atoms with Crippen LogP contribution in [0.5, 0.6) is 0 Å². The Hall–Kier alpha value is -1.28. The molecule has 1 amide bonds. The van der Waals surface area contributed by atoms with Crippen molar-refractivity contribution in [3.05, 3.63) is 22.4 Å². The quantitative estimate of drug-likeness (QED) is 0.430. The molecular weight excluding hydrogens is 484 g/mol. The fourth-order valence-electron chi connectivity index (χ4n) is 9.63. The summed E-state index contributed by atoms with van der Waals surface area (Å²) in [6.45, 7) is 8.84. The fraction of sp³-hybridized carbons (Fsp3) is 0.800. The third-order valence-electron chi connectivity index (χ3n) is 11.8. The first-order valence-corrected chi connectivity index (χ1v) is 15.3. The van der Waals surface area contributed by atoms with Gasteiger partial charge < -0.3 is 21.3 Å². The Morgan fingerprint density at radius 2 is 1.95 bits per heavy atom. The number of carbonyl (C=O) groups is 2. The maximum Gasteiger partial charge on any atom is 0.220 e. The Kier molecular flexibility index (Phi) is 7.17. The summed E-state index contributed by atoms with van der Waals surface area (Å²) in [7, 11) is 0. The molecule has 1 heterocycles. The van der Waals surface area contributed by atoms with Gasteiger partial charge in [0.15, 0.2) is 0 Å². The van der Waals surface area contributed by atoms with E-state index in [1.807, 2.05) is 6.07 Å². The monoisotopic (exact) mass is 530 g/mol. The van der Waals surface area contributed by atoms with E-state index in [-0.39, 0.29) is 52.2 Å². The number of hydrogen-bond acceptors (Lipinski definition) is 6. The van der Waals surface area contributed by atoms with E-state index < -0.39 is 17.7 Å². The lowest BCUT2D eigenvalue weighted by Crippen LogP contribution is -2.76. The van der Waals surface area contributed by atoms with E-state index in [9.17, 15) is 19.8 Å². The average molecular weight is 531 g/mol. The number of aliphatic hydroxyl groups excluding tert-OH is 2. The molecule has 4 aliphatic carbocycles. The minimum atomic E-state index is -0.913. The number of nitrogens with two attached hydrogens (primary N) is 1. The van der Waals surface area contributed by atoms with Gasteiger partial charge in [-0.05, 0) is 78.6 Å². The van der Waals surface area contributed by atoms with Crippen molar-refractivity contribution >= 4 is 23.0 Å². The van der Waals surface area contributed by atoms with Crippen LogP contribution in [0, 0.1) is 40.4 Å². The fourth-order valence-corrected chi connectivity index (χ4v) is 10.5. The van der Waals surface area contributed by atoms with Gasteiger partial charge in [-0.3, -0.25) is 9.59 Å². The van der Waals surface area contributed by atoms with Gasteiger partial charge in [0.1, 0.15) is 5.78 Å². The lowest BCUT2D eigenvalue weighted by Gasteiger charge is -2.68. The smallest absolute Gasteiger partial charge is 0.220 e. The van der Waals surface area contributed by atoms with Crippen LogP contribution in [0.1, 0.15) is 96.4 Å². The number of hydrogen-bond donors (Lipinski definition) is 4. The number of nitrogens with one attached hydrogen (secondary N) is 1. The van der Waals surface area contributed by atoms with Crippen molar-refractivity contribution in [3.8, 4) is 0 Å². The lowest BCUT2D eigenvalue weighted by molar-refractivity contribution is -0.224. The number of ketones is 1. The number of Topliss-reactive ketones (excluding diaryl/α,β-unsaturated/α-hetero) is 1. The van der Waals surface area contributed by atoms with Crippen molar-refractivity contribution in [1.29, 1.82) is 0 Å². The Labute approximate surface area is 225 Å². The third kappa shape index (κ3) is 4.14. The van der Waals surface area contributed by atoms with Gasteiger partial charge in [-0.15, -0.1) is 11.3 Å². The summed E-state index contributed by atoms with van der Waals surface area (Å²) < 4.78 is 0. The highest BCUT2D eigenvalue weighted by molar-refractivity contribution is 7.10. The first-order valence-electron chi connectivity index (χ1n) is 14.5. The van der Waals surface area contributed by atoms with Gasteiger partial charge in [-0.2, -0.15) is 0 Å². The normalized spacial score (nSPS) is 44.9. The second kappa shape index (κ2) is 9.72. The average Bonchev–Trinajstić information content (AvgIpc) is 3.51. The third-order valence-corrected chi connectivity index (χ3v) is 12.8. The maximum atomic E-state index is 13.1. The van der Waals surface area contributed by atoms with Crippen molar-refractivity contribution in [2.75, 3.05) is 0 Å². The predicted octanol–water partition coefficient (Wildman–Crippen LogP) is 4.59. The highest BCUT2D eigenvalue weighted by Crippen LogP contribution is 2.68. The molecule has 0 aromatic carbocycles. The zero-order chi connectivity index (χ0) is 26.8. The van der Waals surface area contributed by atoms with E-state index in [2.05, 4.69) is 44.5 Å². The molecule has 0 aliphatic heterocycles. The SMILES string of the molecule is CCC(NC(=O)C[C@@H](C)C1CC[C@H]2C3[C@H](O)[C@H](O)C4CC(=O)CCC4(C)[C@@]3(N)CCC12C)c1cccs1.